The molecule has 0 atom stereocenters. The normalized spacial score (nSPS) is 10.9. The lowest BCUT2D eigenvalue weighted by Crippen LogP contribution is -2.22. The van der Waals surface area contributed by atoms with Crippen LogP contribution >= 0.6 is 11.3 Å². The van der Waals surface area contributed by atoms with Crippen molar-refractivity contribution in [3.05, 3.63) is 113 Å². The number of amides is 1. The SMILES string of the molecule is Cc1nc(-c2ccccn2)sc1C(=O)NCc1ccccc1-c1ccc(Cn2cccn2)cc1. The highest BCUT2D eigenvalue weighted by Crippen LogP contribution is 2.27. The molecule has 0 fully saturated rings. The molecular formula is C27H23N5OS. The maximum Gasteiger partial charge on any atom is 0.263 e. The fraction of sp³-hybridized carbons (Fsp3) is 0.111. The number of thiazole rings is 1. The molecule has 3 aromatic heterocycles. The van der Waals surface area contributed by atoms with Gasteiger partial charge in [-0.2, -0.15) is 5.10 Å². The predicted molar refractivity (Wildman–Crippen MR) is 134 cm³/mol. The Hall–Kier alpha value is -4.10. The van der Waals surface area contributed by atoms with Crippen molar-refractivity contribution in [1.29, 1.82) is 0 Å². The van der Waals surface area contributed by atoms with E-state index in [1.54, 1.807) is 12.4 Å². The Balaban J connectivity index is 1.30. The summed E-state index contributed by atoms with van der Waals surface area (Å²) in [6, 6.07) is 24.2. The van der Waals surface area contributed by atoms with Crippen molar-refractivity contribution in [3.8, 4) is 21.8 Å². The zero-order chi connectivity index (χ0) is 23.3. The molecular weight excluding hydrogens is 442 g/mol. The van der Waals surface area contributed by atoms with Gasteiger partial charge in [-0.1, -0.05) is 54.6 Å². The number of hydrogen-bond acceptors (Lipinski definition) is 5. The van der Waals surface area contributed by atoms with Crippen molar-refractivity contribution >= 4 is 17.2 Å². The molecule has 0 bridgehead atoms. The number of nitrogens with one attached hydrogen (secondary N) is 1. The maximum atomic E-state index is 13.0. The Morgan fingerprint density at radius 1 is 0.971 bits per heavy atom. The van der Waals surface area contributed by atoms with Gasteiger partial charge in [-0.3, -0.25) is 14.5 Å². The van der Waals surface area contributed by atoms with Gasteiger partial charge in [0.05, 0.1) is 17.9 Å². The van der Waals surface area contributed by atoms with Crippen LogP contribution in [0.3, 0.4) is 0 Å². The molecule has 0 radical (unpaired) electrons. The van der Waals surface area contributed by atoms with Gasteiger partial charge >= 0.3 is 0 Å². The number of benzene rings is 2. The topological polar surface area (TPSA) is 72.7 Å². The lowest BCUT2D eigenvalue weighted by molar-refractivity contribution is 0.0954. The second kappa shape index (κ2) is 9.80. The van der Waals surface area contributed by atoms with Crippen LogP contribution in [0.15, 0.2) is 91.4 Å². The van der Waals surface area contributed by atoms with E-state index in [4.69, 9.17) is 0 Å². The highest BCUT2D eigenvalue weighted by molar-refractivity contribution is 7.17. The van der Waals surface area contributed by atoms with E-state index in [2.05, 4.69) is 50.7 Å². The number of carbonyl (C=O) groups excluding carboxylic acids is 1. The third-order valence-corrected chi connectivity index (χ3v) is 6.69. The lowest BCUT2D eigenvalue weighted by Gasteiger charge is -2.12. The van der Waals surface area contributed by atoms with E-state index < -0.39 is 0 Å². The standard InChI is InChI=1S/C27H23N5OS/c1-19-25(34-27(31-19)24-9-4-5-14-28-24)26(33)29-17-22-7-2-3-8-23(22)21-12-10-20(11-13-21)18-32-16-6-15-30-32/h2-16H,17-18H2,1H3,(H,29,33). The van der Waals surface area contributed by atoms with Gasteiger partial charge in [0, 0.05) is 25.1 Å². The molecule has 0 aliphatic carbocycles. The summed E-state index contributed by atoms with van der Waals surface area (Å²) in [5.74, 6) is -0.124. The minimum atomic E-state index is -0.124. The number of rotatable bonds is 7. The third-order valence-electron chi connectivity index (χ3n) is 5.51. The molecule has 7 heteroatoms. The zero-order valence-corrected chi connectivity index (χ0v) is 19.5. The van der Waals surface area contributed by atoms with E-state index in [1.165, 1.54) is 16.9 Å². The summed E-state index contributed by atoms with van der Waals surface area (Å²) >= 11 is 1.37. The van der Waals surface area contributed by atoms with E-state index in [0.717, 1.165) is 33.9 Å². The molecule has 0 saturated carbocycles. The van der Waals surface area contributed by atoms with Crippen molar-refractivity contribution < 1.29 is 4.79 Å². The molecule has 5 aromatic rings. The summed E-state index contributed by atoms with van der Waals surface area (Å²) in [5.41, 5.74) is 5.94. The average Bonchev–Trinajstić information content (AvgIpc) is 3.53. The maximum absolute atomic E-state index is 13.0. The molecule has 0 spiro atoms. The summed E-state index contributed by atoms with van der Waals surface area (Å²) < 4.78 is 1.90. The monoisotopic (exact) mass is 465 g/mol. The van der Waals surface area contributed by atoms with Gasteiger partial charge in [0.2, 0.25) is 0 Å². The van der Waals surface area contributed by atoms with Crippen LogP contribution < -0.4 is 5.32 Å². The van der Waals surface area contributed by atoms with E-state index in [1.807, 2.05) is 60.3 Å². The Morgan fingerprint density at radius 3 is 2.56 bits per heavy atom. The van der Waals surface area contributed by atoms with Crippen molar-refractivity contribution in [2.45, 2.75) is 20.0 Å². The number of nitrogens with zero attached hydrogens (tertiary/aromatic N) is 4. The molecule has 0 aliphatic rings. The predicted octanol–water partition coefficient (Wildman–Crippen LogP) is 5.36. The van der Waals surface area contributed by atoms with Gasteiger partial charge in [-0.15, -0.1) is 11.3 Å². The largest absolute Gasteiger partial charge is 0.347 e. The molecule has 3 heterocycles. The second-order valence-electron chi connectivity index (χ2n) is 7.89. The first kappa shape index (κ1) is 21.7. The number of hydrogen-bond donors (Lipinski definition) is 1. The fourth-order valence-electron chi connectivity index (χ4n) is 3.79. The van der Waals surface area contributed by atoms with Crippen LogP contribution in [-0.2, 0) is 13.1 Å². The van der Waals surface area contributed by atoms with Gasteiger partial charge < -0.3 is 5.32 Å². The average molecular weight is 466 g/mol. The van der Waals surface area contributed by atoms with E-state index in [-0.39, 0.29) is 5.91 Å². The van der Waals surface area contributed by atoms with Crippen molar-refractivity contribution in [1.82, 2.24) is 25.1 Å². The number of pyridine rings is 1. The first-order valence-electron chi connectivity index (χ1n) is 11.0. The number of aryl methyl sites for hydroxylation is 1. The van der Waals surface area contributed by atoms with Gasteiger partial charge in [0.15, 0.2) is 0 Å². The van der Waals surface area contributed by atoms with Crippen LogP contribution in [-0.4, -0.2) is 25.7 Å². The van der Waals surface area contributed by atoms with E-state index in [0.29, 0.717) is 17.1 Å². The Bertz CT molecular complexity index is 1390. The van der Waals surface area contributed by atoms with Gasteiger partial charge in [0.1, 0.15) is 9.88 Å². The van der Waals surface area contributed by atoms with Gasteiger partial charge in [-0.05, 0) is 47.4 Å². The van der Waals surface area contributed by atoms with Crippen molar-refractivity contribution in [2.24, 2.45) is 0 Å². The van der Waals surface area contributed by atoms with Crippen LogP contribution in [0.25, 0.3) is 21.8 Å². The summed E-state index contributed by atoms with van der Waals surface area (Å²) in [6.45, 7) is 3.02. The molecule has 0 aliphatic heterocycles. The summed E-state index contributed by atoms with van der Waals surface area (Å²) in [4.78, 5) is 22.5. The van der Waals surface area contributed by atoms with Crippen LogP contribution in [0, 0.1) is 6.92 Å². The summed E-state index contributed by atoms with van der Waals surface area (Å²) in [5, 5.41) is 8.09. The van der Waals surface area contributed by atoms with Crippen molar-refractivity contribution in [2.75, 3.05) is 0 Å². The van der Waals surface area contributed by atoms with Crippen molar-refractivity contribution in [3.63, 3.8) is 0 Å². The molecule has 34 heavy (non-hydrogen) atoms. The Labute approximate surface area is 202 Å². The first-order chi connectivity index (χ1) is 16.7. The van der Waals surface area contributed by atoms with E-state index in [9.17, 15) is 4.79 Å². The highest BCUT2D eigenvalue weighted by Gasteiger charge is 2.17. The molecule has 1 amide bonds. The molecule has 1 N–H and O–H groups in total. The molecule has 0 saturated heterocycles. The fourth-order valence-corrected chi connectivity index (χ4v) is 4.75. The Morgan fingerprint density at radius 2 is 1.79 bits per heavy atom. The van der Waals surface area contributed by atoms with Gasteiger partial charge in [0.25, 0.3) is 5.91 Å². The minimum Gasteiger partial charge on any atom is -0.347 e. The molecule has 0 unspecified atom stereocenters. The number of carbonyl (C=O) groups is 1. The van der Waals surface area contributed by atoms with Gasteiger partial charge in [-0.25, -0.2) is 4.98 Å². The van der Waals surface area contributed by atoms with E-state index >= 15 is 0 Å². The second-order valence-corrected chi connectivity index (χ2v) is 8.89. The number of aromatic nitrogens is 4. The summed E-state index contributed by atoms with van der Waals surface area (Å²) in [6.07, 6.45) is 5.47. The molecule has 5 rings (SSSR count). The zero-order valence-electron chi connectivity index (χ0n) is 18.7. The van der Waals surface area contributed by atoms with Crippen LogP contribution in [0.1, 0.15) is 26.5 Å². The van der Waals surface area contributed by atoms with Crippen LogP contribution in [0.5, 0.6) is 0 Å². The Kier molecular flexibility index (Phi) is 6.27. The lowest BCUT2D eigenvalue weighted by atomic mass is 9.98. The molecule has 6 nitrogen and oxygen atoms in total. The van der Waals surface area contributed by atoms with Crippen LogP contribution in [0.2, 0.25) is 0 Å². The first-order valence-corrected chi connectivity index (χ1v) is 11.8. The highest BCUT2D eigenvalue weighted by atomic mass is 32.1. The smallest absolute Gasteiger partial charge is 0.263 e. The summed E-state index contributed by atoms with van der Waals surface area (Å²) in [7, 11) is 0. The van der Waals surface area contributed by atoms with Crippen LogP contribution in [0.4, 0.5) is 0 Å². The molecule has 2 aromatic carbocycles. The third kappa shape index (κ3) is 4.79. The minimum absolute atomic E-state index is 0.124. The molecule has 168 valence electrons. The quantitative estimate of drug-likeness (QED) is 0.351.